The Balaban J connectivity index is -0.000000767. The summed E-state index contributed by atoms with van der Waals surface area (Å²) in [6, 6.07) is 0. The maximum Gasteiger partial charge on any atom is 2.00 e. The molecule has 0 aliphatic heterocycles. The molecule has 0 bridgehead atoms. The molecule has 0 N–H and O–H groups in total. The van der Waals surface area contributed by atoms with Gasteiger partial charge in [0.05, 0.1) is 43.6 Å². The summed E-state index contributed by atoms with van der Waals surface area (Å²) < 4.78 is 20.9. The van der Waals surface area contributed by atoms with Crippen molar-refractivity contribution in [3.8, 4) is 0 Å². The van der Waals surface area contributed by atoms with Gasteiger partial charge in [0.25, 0.3) is 0 Å². The van der Waals surface area contributed by atoms with Gasteiger partial charge in [0.1, 0.15) is 0 Å². The molecule has 0 aliphatic carbocycles. The first-order valence-corrected chi connectivity index (χ1v) is 21.3. The first-order valence-electron chi connectivity index (χ1n) is 19.1. The van der Waals surface area contributed by atoms with Crippen molar-refractivity contribution in [2.24, 2.45) is 0 Å². The fourth-order valence-corrected chi connectivity index (χ4v) is 6.13. The van der Waals surface area contributed by atoms with E-state index in [9.17, 15) is 9.79 Å². The van der Waals surface area contributed by atoms with Gasteiger partial charge in [-0.2, -0.15) is 0 Å². The first kappa shape index (κ1) is 50.6. The van der Waals surface area contributed by atoms with Crippen LogP contribution in [0.15, 0.2) is 0 Å². The summed E-state index contributed by atoms with van der Waals surface area (Å²) in [5, 5.41) is 0. The van der Waals surface area contributed by atoms with Gasteiger partial charge in [-0.25, -0.2) is 0 Å². The van der Waals surface area contributed by atoms with Crippen LogP contribution < -0.4 is 9.79 Å². The molecule has 45 heavy (non-hydrogen) atoms. The summed E-state index contributed by atoms with van der Waals surface area (Å²) in [6.07, 6.45) is 34.9. The molecule has 0 radical (unpaired) electrons. The van der Waals surface area contributed by atoms with Crippen LogP contribution in [0.3, 0.4) is 0 Å². The van der Waals surface area contributed by atoms with Crippen LogP contribution in [-0.2, 0) is 37.6 Å². The number of rotatable bonds is 36. The molecule has 0 aromatic heterocycles. The average molecular weight is 732 g/mol. The molecule has 0 amide bonds. The Morgan fingerprint density at radius 1 is 0.289 bits per heavy atom. The van der Waals surface area contributed by atoms with E-state index in [1.807, 2.05) is 0 Å². The molecule has 268 valence electrons. The predicted molar refractivity (Wildman–Crippen MR) is 190 cm³/mol. The van der Waals surface area contributed by atoms with Crippen molar-refractivity contribution in [2.75, 3.05) is 26.4 Å². The molecule has 0 aromatic rings. The molecule has 0 heterocycles. The van der Waals surface area contributed by atoms with Gasteiger partial charge in [0.15, 0.2) is 0 Å². The van der Waals surface area contributed by atoms with E-state index in [-0.39, 0.29) is 19.5 Å². The van der Waals surface area contributed by atoms with Gasteiger partial charge in [0, 0.05) is 0 Å². The molecule has 9 heteroatoms. The second kappa shape index (κ2) is 47.4. The molecule has 0 aliphatic rings. The summed E-state index contributed by atoms with van der Waals surface area (Å²) in [5.41, 5.74) is 0. The van der Waals surface area contributed by atoms with Crippen molar-refractivity contribution < 1.29 is 47.4 Å². The summed E-state index contributed by atoms with van der Waals surface area (Å²) in [7, 11) is -3.78. The van der Waals surface area contributed by atoms with E-state index < -0.39 is 17.2 Å². The van der Waals surface area contributed by atoms with Gasteiger partial charge < -0.3 is 27.9 Å². The largest absolute Gasteiger partial charge is 2.00 e. The van der Waals surface area contributed by atoms with Gasteiger partial charge in [-0.3, -0.25) is 0 Å². The molecular weight excluding hydrogens is 656 g/mol. The zero-order valence-electron chi connectivity index (χ0n) is 30.7. The Bertz CT molecular complexity index is 414. The first-order chi connectivity index (χ1) is 21.6. The maximum absolute atomic E-state index is 11.5. The van der Waals surface area contributed by atoms with Crippen molar-refractivity contribution >= 4 is 17.2 Å². The van der Waals surface area contributed by atoms with Crippen molar-refractivity contribution in [1.29, 1.82) is 0 Å². The Kier molecular flexibility index (Phi) is 53.3. The van der Waals surface area contributed by atoms with Crippen LogP contribution in [0.5, 0.6) is 0 Å². The van der Waals surface area contributed by atoms with Crippen LogP contribution in [-0.4, -0.2) is 26.4 Å². The van der Waals surface area contributed by atoms with Crippen molar-refractivity contribution in [3.05, 3.63) is 0 Å². The number of unbranched alkanes of at least 4 members (excludes halogenated alkanes) is 24. The van der Waals surface area contributed by atoms with E-state index in [0.717, 1.165) is 25.7 Å². The standard InChI is InChI=1S/2C18H38O3P.Zn/c2*1-3-5-7-9-11-13-15-17-20-22(19)21-18-16-14-12-10-8-6-4-2;/h2*3-18H2,1-2H3;/q2*-1;+2. The van der Waals surface area contributed by atoms with E-state index in [4.69, 9.17) is 18.1 Å². The van der Waals surface area contributed by atoms with Crippen LogP contribution >= 0.6 is 17.2 Å². The zero-order valence-corrected chi connectivity index (χ0v) is 35.4. The molecule has 0 unspecified atom stereocenters. The van der Waals surface area contributed by atoms with Gasteiger partial charge in [-0.05, 0) is 25.7 Å². The van der Waals surface area contributed by atoms with E-state index in [2.05, 4.69) is 27.7 Å². The molecule has 0 saturated heterocycles. The molecule has 0 rings (SSSR count). The van der Waals surface area contributed by atoms with Crippen LogP contribution in [0.1, 0.15) is 207 Å². The van der Waals surface area contributed by atoms with Gasteiger partial charge >= 0.3 is 19.5 Å². The van der Waals surface area contributed by atoms with Gasteiger partial charge in [-0.1, -0.05) is 182 Å². The third-order valence-corrected chi connectivity index (χ3v) is 9.35. The van der Waals surface area contributed by atoms with E-state index in [1.54, 1.807) is 0 Å². The van der Waals surface area contributed by atoms with Crippen LogP contribution in [0.2, 0.25) is 0 Å². The SMILES string of the molecule is CCCCCCCCCOP([O-])OCCCCCCCCC.CCCCCCCCCOP([O-])OCCCCCCCCC.[Zn+2]. The molecule has 0 fully saturated rings. The summed E-state index contributed by atoms with van der Waals surface area (Å²) in [5.74, 6) is 0. The zero-order chi connectivity index (χ0) is 32.6. The minimum absolute atomic E-state index is 0. The fourth-order valence-electron chi connectivity index (χ4n) is 4.87. The van der Waals surface area contributed by atoms with Crippen molar-refractivity contribution in [3.63, 3.8) is 0 Å². The van der Waals surface area contributed by atoms with Crippen molar-refractivity contribution in [1.82, 2.24) is 0 Å². The topological polar surface area (TPSA) is 83.0 Å². The van der Waals surface area contributed by atoms with Gasteiger partial charge in [-0.15, -0.1) is 0 Å². The molecular formula is C36H76O6P2Zn. The van der Waals surface area contributed by atoms with E-state index in [1.165, 1.54) is 154 Å². The number of hydrogen-bond donors (Lipinski definition) is 0. The van der Waals surface area contributed by atoms with E-state index >= 15 is 0 Å². The molecule has 0 atom stereocenters. The maximum atomic E-state index is 11.5. The Morgan fingerprint density at radius 3 is 0.622 bits per heavy atom. The molecule has 0 saturated carbocycles. The molecule has 0 spiro atoms. The fraction of sp³-hybridized carbons (Fsp3) is 1.00. The second-order valence-corrected chi connectivity index (χ2v) is 14.2. The predicted octanol–water partition coefficient (Wildman–Crippen LogP) is 12.2. The minimum Gasteiger partial charge on any atom is -0.786 e. The van der Waals surface area contributed by atoms with E-state index in [0.29, 0.717) is 26.4 Å². The molecule has 6 nitrogen and oxygen atoms in total. The smallest absolute Gasteiger partial charge is 0.786 e. The Hall–Kier alpha value is 1.24. The summed E-state index contributed by atoms with van der Waals surface area (Å²) >= 11 is 0. The average Bonchev–Trinajstić information content (AvgIpc) is 3.02. The van der Waals surface area contributed by atoms with Gasteiger partial charge in [0.2, 0.25) is 0 Å². The quantitative estimate of drug-likeness (QED) is 0.0362. The Morgan fingerprint density at radius 2 is 0.444 bits per heavy atom. The second-order valence-electron chi connectivity index (χ2n) is 12.3. The Labute approximate surface area is 297 Å². The number of hydrogen-bond acceptors (Lipinski definition) is 6. The monoisotopic (exact) mass is 730 g/mol. The minimum atomic E-state index is -1.89. The van der Waals surface area contributed by atoms with Crippen LogP contribution in [0, 0.1) is 0 Å². The third kappa shape index (κ3) is 49.7. The van der Waals surface area contributed by atoms with Crippen LogP contribution in [0.4, 0.5) is 0 Å². The van der Waals surface area contributed by atoms with Crippen molar-refractivity contribution in [2.45, 2.75) is 207 Å². The normalized spacial score (nSPS) is 11.2. The molecule has 0 aromatic carbocycles. The van der Waals surface area contributed by atoms with Crippen LogP contribution in [0.25, 0.3) is 0 Å². The third-order valence-electron chi connectivity index (χ3n) is 7.78. The summed E-state index contributed by atoms with van der Waals surface area (Å²) in [6.45, 7) is 11.2. The summed E-state index contributed by atoms with van der Waals surface area (Å²) in [4.78, 5) is 23.0.